The molecular weight excluding hydrogens is 360 g/mol. The van der Waals surface area contributed by atoms with Gasteiger partial charge in [-0.25, -0.2) is 15.0 Å². The molecule has 0 saturated carbocycles. The Morgan fingerprint density at radius 3 is 2.76 bits per heavy atom. The largest absolute Gasteiger partial charge is 0.325 e. The number of aromatic nitrogens is 4. The minimum Gasteiger partial charge on any atom is -0.325 e. The van der Waals surface area contributed by atoms with Crippen LogP contribution in [0.2, 0.25) is 0 Å². The molecule has 4 rings (SSSR count). The van der Waals surface area contributed by atoms with E-state index in [4.69, 9.17) is 4.98 Å². The highest BCUT2D eigenvalue weighted by molar-refractivity contribution is 5.52. The second-order valence-corrected chi connectivity index (χ2v) is 8.01. The van der Waals surface area contributed by atoms with E-state index in [1.807, 2.05) is 37.6 Å². The third-order valence-corrected chi connectivity index (χ3v) is 5.29. The number of nitrogens with one attached hydrogen (secondary N) is 1. The predicted molar refractivity (Wildman–Crippen MR) is 115 cm³/mol. The van der Waals surface area contributed by atoms with E-state index in [1.54, 1.807) is 0 Å². The van der Waals surface area contributed by atoms with Gasteiger partial charge in [0.15, 0.2) is 0 Å². The van der Waals surface area contributed by atoms with Gasteiger partial charge in [-0.3, -0.25) is 9.88 Å². The molecule has 6 nitrogen and oxygen atoms in total. The molecule has 0 aromatic carbocycles. The average molecular weight is 389 g/mol. The highest BCUT2D eigenvalue weighted by atomic mass is 15.1. The molecule has 0 aliphatic carbocycles. The number of pyridine rings is 2. The summed E-state index contributed by atoms with van der Waals surface area (Å²) in [6.07, 6.45) is 8.02. The van der Waals surface area contributed by atoms with Crippen LogP contribution in [0.1, 0.15) is 47.0 Å². The molecule has 3 aromatic heterocycles. The highest BCUT2D eigenvalue weighted by Crippen LogP contribution is 2.28. The Kier molecular flexibility index (Phi) is 5.81. The lowest BCUT2D eigenvalue weighted by atomic mass is 9.94. The molecule has 3 aromatic rings. The van der Waals surface area contributed by atoms with Crippen molar-refractivity contribution < 1.29 is 0 Å². The van der Waals surface area contributed by atoms with Gasteiger partial charge in [0, 0.05) is 43.7 Å². The molecule has 0 radical (unpaired) electrons. The minimum atomic E-state index is 0.411. The van der Waals surface area contributed by atoms with Gasteiger partial charge < -0.3 is 5.32 Å². The second-order valence-electron chi connectivity index (χ2n) is 8.01. The van der Waals surface area contributed by atoms with Gasteiger partial charge in [0.25, 0.3) is 0 Å². The SMILES string of the molecule is Cc1cncc(CN2CCCC(c3cc(Nc4cc(C)ccn4)nc(C)n3)C2)c1. The Balaban J connectivity index is 1.49. The van der Waals surface area contributed by atoms with E-state index >= 15 is 0 Å². The summed E-state index contributed by atoms with van der Waals surface area (Å²) in [7, 11) is 0. The fourth-order valence-electron chi connectivity index (χ4n) is 4.00. The maximum Gasteiger partial charge on any atom is 0.135 e. The van der Waals surface area contributed by atoms with Crippen LogP contribution in [0.25, 0.3) is 0 Å². The maximum atomic E-state index is 4.76. The van der Waals surface area contributed by atoms with Gasteiger partial charge >= 0.3 is 0 Å². The van der Waals surface area contributed by atoms with Crippen LogP contribution >= 0.6 is 0 Å². The minimum absolute atomic E-state index is 0.411. The summed E-state index contributed by atoms with van der Waals surface area (Å²) in [4.78, 5) is 20.6. The van der Waals surface area contributed by atoms with Crippen LogP contribution in [-0.2, 0) is 6.54 Å². The first kappa shape index (κ1) is 19.5. The molecule has 1 N–H and O–H groups in total. The molecule has 0 amide bonds. The molecule has 4 heterocycles. The number of anilines is 2. The average Bonchev–Trinajstić information content (AvgIpc) is 2.68. The molecular formula is C23H28N6. The topological polar surface area (TPSA) is 66.8 Å². The van der Waals surface area contributed by atoms with Crippen molar-refractivity contribution in [2.75, 3.05) is 18.4 Å². The molecule has 0 bridgehead atoms. The molecule has 1 aliphatic rings. The van der Waals surface area contributed by atoms with Gasteiger partial charge in [0.2, 0.25) is 0 Å². The first-order valence-electron chi connectivity index (χ1n) is 10.2. The molecule has 1 saturated heterocycles. The fraction of sp³-hybridized carbons (Fsp3) is 0.391. The molecule has 150 valence electrons. The summed E-state index contributed by atoms with van der Waals surface area (Å²) in [5, 5.41) is 3.34. The van der Waals surface area contributed by atoms with E-state index in [9.17, 15) is 0 Å². The van der Waals surface area contributed by atoms with Crippen molar-refractivity contribution in [1.29, 1.82) is 0 Å². The number of likely N-dealkylation sites (tertiary alicyclic amines) is 1. The lowest BCUT2D eigenvalue weighted by molar-refractivity contribution is 0.198. The van der Waals surface area contributed by atoms with Crippen LogP contribution in [0, 0.1) is 20.8 Å². The molecule has 1 fully saturated rings. The van der Waals surface area contributed by atoms with Gasteiger partial charge in [-0.2, -0.15) is 0 Å². The number of aryl methyl sites for hydroxylation is 3. The Hall–Kier alpha value is -2.86. The smallest absolute Gasteiger partial charge is 0.135 e. The number of nitrogens with zero attached hydrogens (tertiary/aromatic N) is 5. The zero-order valence-electron chi connectivity index (χ0n) is 17.4. The second kappa shape index (κ2) is 8.66. The van der Waals surface area contributed by atoms with Crippen molar-refractivity contribution in [2.45, 2.75) is 46.1 Å². The first-order valence-corrected chi connectivity index (χ1v) is 10.2. The molecule has 1 unspecified atom stereocenters. The summed E-state index contributed by atoms with van der Waals surface area (Å²) >= 11 is 0. The third-order valence-electron chi connectivity index (χ3n) is 5.29. The quantitative estimate of drug-likeness (QED) is 0.702. The van der Waals surface area contributed by atoms with Crippen molar-refractivity contribution in [1.82, 2.24) is 24.8 Å². The van der Waals surface area contributed by atoms with Crippen molar-refractivity contribution in [2.24, 2.45) is 0 Å². The molecule has 0 spiro atoms. The summed E-state index contributed by atoms with van der Waals surface area (Å²) in [5.41, 5.74) is 4.77. The van der Waals surface area contributed by atoms with Crippen molar-refractivity contribution in [3.63, 3.8) is 0 Å². The molecule has 1 aliphatic heterocycles. The lowest BCUT2D eigenvalue weighted by Gasteiger charge is -2.32. The van der Waals surface area contributed by atoms with Gasteiger partial charge in [-0.15, -0.1) is 0 Å². The van der Waals surface area contributed by atoms with Gasteiger partial charge in [-0.05, 0) is 69.0 Å². The van der Waals surface area contributed by atoms with Crippen LogP contribution in [0.4, 0.5) is 11.6 Å². The highest BCUT2D eigenvalue weighted by Gasteiger charge is 2.23. The van der Waals surface area contributed by atoms with Crippen LogP contribution in [0.5, 0.6) is 0 Å². The van der Waals surface area contributed by atoms with Crippen molar-refractivity contribution >= 4 is 11.6 Å². The number of piperidine rings is 1. The van der Waals surface area contributed by atoms with E-state index in [2.05, 4.69) is 51.1 Å². The van der Waals surface area contributed by atoms with Crippen LogP contribution in [0.3, 0.4) is 0 Å². The maximum absolute atomic E-state index is 4.76. The third kappa shape index (κ3) is 5.15. The van der Waals surface area contributed by atoms with Crippen molar-refractivity contribution in [3.8, 4) is 0 Å². The molecule has 29 heavy (non-hydrogen) atoms. The van der Waals surface area contributed by atoms with Gasteiger partial charge in [0.1, 0.15) is 17.5 Å². The van der Waals surface area contributed by atoms with Crippen LogP contribution in [0.15, 0.2) is 42.9 Å². The molecule has 1 atom stereocenters. The van der Waals surface area contributed by atoms with E-state index in [-0.39, 0.29) is 0 Å². The zero-order chi connectivity index (χ0) is 20.2. The van der Waals surface area contributed by atoms with Gasteiger partial charge in [0.05, 0.1) is 5.69 Å². The zero-order valence-corrected chi connectivity index (χ0v) is 17.4. The first-order chi connectivity index (χ1) is 14.0. The van der Waals surface area contributed by atoms with Crippen LogP contribution < -0.4 is 5.32 Å². The van der Waals surface area contributed by atoms with E-state index < -0.39 is 0 Å². The Morgan fingerprint density at radius 1 is 1.03 bits per heavy atom. The summed E-state index contributed by atoms with van der Waals surface area (Å²) in [5.74, 6) is 2.82. The van der Waals surface area contributed by atoms with E-state index in [0.29, 0.717) is 5.92 Å². The van der Waals surface area contributed by atoms with Gasteiger partial charge in [-0.1, -0.05) is 6.07 Å². The standard InChI is InChI=1S/C23H28N6/c1-16-6-7-25-22(10-16)28-23-11-21(26-18(3)27-23)20-5-4-8-29(15-20)14-19-9-17(2)12-24-13-19/h6-7,9-13,20H,4-5,8,14-15H2,1-3H3,(H,25,26,27,28). The Labute approximate surface area is 172 Å². The number of rotatable bonds is 5. The van der Waals surface area contributed by atoms with E-state index in [1.165, 1.54) is 23.1 Å². The Bertz CT molecular complexity index is 987. The summed E-state index contributed by atoms with van der Waals surface area (Å²) < 4.78 is 0. The normalized spacial score (nSPS) is 17.3. The number of hydrogen-bond donors (Lipinski definition) is 1. The van der Waals surface area contributed by atoms with Crippen LogP contribution in [-0.4, -0.2) is 37.9 Å². The van der Waals surface area contributed by atoms with Crippen molar-refractivity contribution in [3.05, 3.63) is 71.1 Å². The van der Waals surface area contributed by atoms with E-state index in [0.717, 1.165) is 49.2 Å². The molecule has 6 heteroatoms. The Morgan fingerprint density at radius 2 is 1.93 bits per heavy atom. The number of hydrogen-bond acceptors (Lipinski definition) is 6. The fourth-order valence-corrected chi connectivity index (χ4v) is 4.00. The lowest BCUT2D eigenvalue weighted by Crippen LogP contribution is -2.34. The summed E-state index contributed by atoms with van der Waals surface area (Å²) in [6.45, 7) is 9.17. The monoisotopic (exact) mass is 388 g/mol. The predicted octanol–water partition coefficient (Wildman–Crippen LogP) is 4.32. The summed E-state index contributed by atoms with van der Waals surface area (Å²) in [6, 6.07) is 8.32.